The van der Waals surface area contributed by atoms with Gasteiger partial charge >= 0.3 is 0 Å². The van der Waals surface area contributed by atoms with Gasteiger partial charge in [-0.3, -0.25) is 4.79 Å². The molecule has 0 aliphatic rings. The Morgan fingerprint density at radius 2 is 2.41 bits per heavy atom. The minimum absolute atomic E-state index is 0.0486. The van der Waals surface area contributed by atoms with E-state index in [1.807, 2.05) is 6.92 Å². The van der Waals surface area contributed by atoms with Gasteiger partial charge in [0.2, 0.25) is 5.82 Å². The van der Waals surface area contributed by atoms with E-state index < -0.39 is 12.0 Å². The van der Waals surface area contributed by atoms with E-state index >= 15 is 0 Å². The van der Waals surface area contributed by atoms with E-state index in [2.05, 4.69) is 20.4 Å². The summed E-state index contributed by atoms with van der Waals surface area (Å²) in [5.74, 6) is 0.00967. The maximum atomic E-state index is 11.6. The number of nitrogens with zero attached hydrogens (tertiary/aromatic N) is 4. The van der Waals surface area contributed by atoms with Gasteiger partial charge in [-0.25, -0.2) is 9.50 Å². The number of aryl methyl sites for hydroxylation is 1. The second kappa shape index (κ2) is 4.46. The highest BCUT2D eigenvalue weighted by atomic mass is 16.3. The molecule has 0 fully saturated rings. The summed E-state index contributed by atoms with van der Waals surface area (Å²) in [5, 5.41) is 15.6. The number of fused-ring (bicyclic) bond motifs is 1. The largest absolute Gasteiger partial charge is 0.392 e. The van der Waals surface area contributed by atoms with Crippen molar-refractivity contribution in [3.8, 4) is 0 Å². The van der Waals surface area contributed by atoms with Crippen LogP contribution in [0.1, 0.15) is 23.2 Å². The molecular formula is C10H13N5O2. The summed E-state index contributed by atoms with van der Waals surface area (Å²) in [6.07, 6.45) is 1.01. The van der Waals surface area contributed by atoms with Crippen molar-refractivity contribution in [2.24, 2.45) is 0 Å². The van der Waals surface area contributed by atoms with Crippen LogP contribution in [0.4, 0.5) is 0 Å². The van der Waals surface area contributed by atoms with Gasteiger partial charge in [-0.05, 0) is 19.9 Å². The number of hydrogen-bond donors (Lipinski definition) is 2. The molecule has 7 heteroatoms. The van der Waals surface area contributed by atoms with Crippen molar-refractivity contribution in [1.29, 1.82) is 0 Å². The molecule has 0 aromatic carbocycles. The molecule has 1 atom stereocenters. The fourth-order valence-electron chi connectivity index (χ4n) is 1.32. The van der Waals surface area contributed by atoms with Crippen LogP contribution in [-0.2, 0) is 0 Å². The number of rotatable bonds is 3. The van der Waals surface area contributed by atoms with Gasteiger partial charge in [0, 0.05) is 18.4 Å². The topological polar surface area (TPSA) is 92.4 Å². The highest BCUT2D eigenvalue weighted by Gasteiger charge is 2.14. The standard InChI is InChI=1S/C10H13N5O2/c1-6-3-4-11-10-13-8(14-15(6)10)9(17)12-5-7(2)16/h3-4,7,16H,5H2,1-2H3,(H,12,17)/t7-/m0/s1. The molecule has 2 aromatic rings. The molecule has 2 heterocycles. The number of aliphatic hydroxyl groups excluding tert-OH is 1. The van der Waals surface area contributed by atoms with Gasteiger partial charge in [-0.2, -0.15) is 4.98 Å². The van der Waals surface area contributed by atoms with Crippen LogP contribution in [0.3, 0.4) is 0 Å². The summed E-state index contributed by atoms with van der Waals surface area (Å²) in [7, 11) is 0. The zero-order chi connectivity index (χ0) is 12.4. The molecule has 0 saturated carbocycles. The van der Waals surface area contributed by atoms with Crippen LogP contribution in [-0.4, -0.2) is 43.2 Å². The molecule has 1 amide bonds. The average Bonchev–Trinajstić information content (AvgIpc) is 2.71. The molecular weight excluding hydrogens is 222 g/mol. The number of hydrogen-bond acceptors (Lipinski definition) is 5. The first kappa shape index (κ1) is 11.5. The Morgan fingerprint density at radius 3 is 3.06 bits per heavy atom. The van der Waals surface area contributed by atoms with E-state index in [4.69, 9.17) is 5.11 Å². The van der Waals surface area contributed by atoms with E-state index in [0.717, 1.165) is 5.69 Å². The van der Waals surface area contributed by atoms with Crippen LogP contribution >= 0.6 is 0 Å². The van der Waals surface area contributed by atoms with E-state index in [1.54, 1.807) is 19.2 Å². The van der Waals surface area contributed by atoms with Gasteiger partial charge in [0.15, 0.2) is 0 Å². The van der Waals surface area contributed by atoms with Crippen LogP contribution < -0.4 is 5.32 Å². The van der Waals surface area contributed by atoms with Crippen molar-refractivity contribution >= 4 is 11.7 Å². The first-order chi connectivity index (χ1) is 8.08. The fourth-order valence-corrected chi connectivity index (χ4v) is 1.32. The van der Waals surface area contributed by atoms with Gasteiger partial charge in [-0.15, -0.1) is 5.10 Å². The molecule has 2 rings (SSSR count). The lowest BCUT2D eigenvalue weighted by Crippen LogP contribution is -2.31. The Bertz CT molecular complexity index is 549. The second-order valence-corrected chi connectivity index (χ2v) is 3.79. The third-order valence-electron chi connectivity index (χ3n) is 2.19. The third-order valence-corrected chi connectivity index (χ3v) is 2.19. The summed E-state index contributed by atoms with van der Waals surface area (Å²) in [4.78, 5) is 19.6. The lowest BCUT2D eigenvalue weighted by molar-refractivity contribution is 0.0914. The highest BCUT2D eigenvalue weighted by Crippen LogP contribution is 2.01. The molecule has 0 aliphatic heterocycles. The third kappa shape index (κ3) is 2.39. The van der Waals surface area contributed by atoms with Crippen molar-refractivity contribution in [2.45, 2.75) is 20.0 Å². The monoisotopic (exact) mass is 235 g/mol. The van der Waals surface area contributed by atoms with Crippen molar-refractivity contribution < 1.29 is 9.90 Å². The van der Waals surface area contributed by atoms with Gasteiger partial charge in [0.25, 0.3) is 11.7 Å². The predicted molar refractivity (Wildman–Crippen MR) is 59.5 cm³/mol. The Balaban J connectivity index is 2.24. The zero-order valence-corrected chi connectivity index (χ0v) is 9.58. The summed E-state index contributed by atoms with van der Waals surface area (Å²) in [6, 6.07) is 1.78. The Kier molecular flexibility index (Phi) is 3.01. The predicted octanol–water partition coefficient (Wildman–Crippen LogP) is -0.457. The van der Waals surface area contributed by atoms with Gasteiger partial charge in [-0.1, -0.05) is 0 Å². The molecule has 0 aliphatic carbocycles. The molecule has 0 unspecified atom stereocenters. The first-order valence-electron chi connectivity index (χ1n) is 5.22. The summed E-state index contributed by atoms with van der Waals surface area (Å²) in [5.41, 5.74) is 0.845. The summed E-state index contributed by atoms with van der Waals surface area (Å²) in [6.45, 7) is 3.60. The van der Waals surface area contributed by atoms with Crippen LogP contribution in [0.2, 0.25) is 0 Å². The number of nitrogens with one attached hydrogen (secondary N) is 1. The van der Waals surface area contributed by atoms with Gasteiger partial charge in [0.05, 0.1) is 6.10 Å². The second-order valence-electron chi connectivity index (χ2n) is 3.79. The maximum Gasteiger partial charge on any atom is 0.291 e. The fraction of sp³-hybridized carbons (Fsp3) is 0.400. The van der Waals surface area contributed by atoms with E-state index in [0.29, 0.717) is 5.78 Å². The number of aliphatic hydroxyl groups is 1. The SMILES string of the molecule is Cc1ccnc2nc(C(=O)NC[C@H](C)O)nn12. The summed E-state index contributed by atoms with van der Waals surface area (Å²) >= 11 is 0. The number of carbonyl (C=O) groups is 1. The summed E-state index contributed by atoms with van der Waals surface area (Å²) < 4.78 is 1.50. The molecule has 0 saturated heterocycles. The maximum absolute atomic E-state index is 11.6. The minimum atomic E-state index is -0.601. The van der Waals surface area contributed by atoms with Crippen molar-refractivity contribution in [3.63, 3.8) is 0 Å². The highest BCUT2D eigenvalue weighted by molar-refractivity contribution is 5.90. The quantitative estimate of drug-likeness (QED) is 0.751. The molecule has 0 bridgehead atoms. The molecule has 2 aromatic heterocycles. The molecule has 0 spiro atoms. The first-order valence-corrected chi connectivity index (χ1v) is 5.22. The minimum Gasteiger partial charge on any atom is -0.392 e. The number of carbonyl (C=O) groups excluding carboxylic acids is 1. The molecule has 90 valence electrons. The van der Waals surface area contributed by atoms with E-state index in [-0.39, 0.29) is 12.4 Å². The van der Waals surface area contributed by atoms with E-state index in [9.17, 15) is 4.79 Å². The normalized spacial score (nSPS) is 12.6. The van der Waals surface area contributed by atoms with Gasteiger partial charge in [0.1, 0.15) is 0 Å². The van der Waals surface area contributed by atoms with Gasteiger partial charge < -0.3 is 10.4 Å². The van der Waals surface area contributed by atoms with Crippen LogP contribution in [0.25, 0.3) is 5.78 Å². The van der Waals surface area contributed by atoms with Crippen LogP contribution in [0.15, 0.2) is 12.3 Å². The lowest BCUT2D eigenvalue weighted by atomic mass is 10.4. The van der Waals surface area contributed by atoms with Crippen LogP contribution in [0.5, 0.6) is 0 Å². The van der Waals surface area contributed by atoms with Crippen molar-refractivity contribution in [2.75, 3.05) is 6.54 Å². The Morgan fingerprint density at radius 1 is 1.65 bits per heavy atom. The zero-order valence-electron chi connectivity index (χ0n) is 9.58. The van der Waals surface area contributed by atoms with E-state index in [1.165, 1.54) is 4.52 Å². The lowest BCUT2D eigenvalue weighted by Gasteiger charge is -2.03. The molecule has 17 heavy (non-hydrogen) atoms. The molecule has 2 N–H and O–H groups in total. The van der Waals surface area contributed by atoms with Crippen molar-refractivity contribution in [3.05, 3.63) is 23.8 Å². The Labute approximate surface area is 97.5 Å². The Hall–Kier alpha value is -2.02. The van der Waals surface area contributed by atoms with Crippen LogP contribution in [0, 0.1) is 6.92 Å². The number of amides is 1. The molecule has 0 radical (unpaired) electrons. The van der Waals surface area contributed by atoms with Crippen molar-refractivity contribution in [1.82, 2.24) is 24.9 Å². The average molecular weight is 235 g/mol. The smallest absolute Gasteiger partial charge is 0.291 e. The molecule has 7 nitrogen and oxygen atoms in total. The number of aromatic nitrogens is 4.